The molecule has 1 amide bonds. The van der Waals surface area contributed by atoms with E-state index in [2.05, 4.69) is 5.32 Å². The molecular weight excluding hydrogens is 292 g/mol. The Labute approximate surface area is 129 Å². The van der Waals surface area contributed by atoms with Gasteiger partial charge in [0.2, 0.25) is 5.91 Å². The summed E-state index contributed by atoms with van der Waals surface area (Å²) in [5.41, 5.74) is 0. The molecule has 2 rings (SSSR count). The SMILES string of the molecule is CCNC1COCC1C(=O)N1CCSCC1C(=O)OCC. The van der Waals surface area contributed by atoms with Gasteiger partial charge in [0.05, 0.1) is 25.7 Å². The van der Waals surface area contributed by atoms with Crippen molar-refractivity contribution >= 4 is 23.6 Å². The van der Waals surface area contributed by atoms with Crippen LogP contribution in [0.2, 0.25) is 0 Å². The summed E-state index contributed by atoms with van der Waals surface area (Å²) in [6.45, 7) is 6.52. The van der Waals surface area contributed by atoms with Crippen LogP contribution in [0.4, 0.5) is 0 Å². The summed E-state index contributed by atoms with van der Waals surface area (Å²) >= 11 is 1.69. The van der Waals surface area contributed by atoms with Gasteiger partial charge in [0.25, 0.3) is 0 Å². The summed E-state index contributed by atoms with van der Waals surface area (Å²) in [7, 11) is 0. The fourth-order valence-electron chi connectivity index (χ4n) is 2.78. The molecule has 0 radical (unpaired) electrons. The third-order valence-electron chi connectivity index (χ3n) is 3.83. The van der Waals surface area contributed by atoms with E-state index in [-0.39, 0.29) is 23.8 Å². The van der Waals surface area contributed by atoms with Gasteiger partial charge in [-0.2, -0.15) is 11.8 Å². The van der Waals surface area contributed by atoms with Crippen LogP contribution in [0, 0.1) is 5.92 Å². The van der Waals surface area contributed by atoms with Gasteiger partial charge < -0.3 is 19.7 Å². The fourth-order valence-corrected chi connectivity index (χ4v) is 3.81. The van der Waals surface area contributed by atoms with Gasteiger partial charge in [0.15, 0.2) is 0 Å². The minimum absolute atomic E-state index is 0.0109. The second-order valence-corrected chi connectivity index (χ2v) is 6.33. The quantitative estimate of drug-likeness (QED) is 0.727. The molecule has 0 bridgehead atoms. The molecule has 21 heavy (non-hydrogen) atoms. The molecule has 2 heterocycles. The summed E-state index contributed by atoms with van der Waals surface area (Å²) in [4.78, 5) is 26.5. The van der Waals surface area contributed by atoms with E-state index in [1.165, 1.54) is 0 Å². The second-order valence-electron chi connectivity index (χ2n) is 5.18. The Bertz CT molecular complexity index is 380. The number of nitrogens with zero attached hydrogens (tertiary/aromatic N) is 1. The maximum atomic E-state index is 12.8. The van der Waals surface area contributed by atoms with Gasteiger partial charge in [-0.25, -0.2) is 4.79 Å². The summed E-state index contributed by atoms with van der Waals surface area (Å²) in [6.07, 6.45) is 0. The highest BCUT2D eigenvalue weighted by Gasteiger charge is 2.41. The first-order chi connectivity index (χ1) is 10.2. The number of esters is 1. The van der Waals surface area contributed by atoms with Gasteiger partial charge >= 0.3 is 5.97 Å². The molecule has 2 fully saturated rings. The first-order valence-electron chi connectivity index (χ1n) is 7.55. The molecule has 0 spiro atoms. The Morgan fingerprint density at radius 2 is 2.19 bits per heavy atom. The smallest absolute Gasteiger partial charge is 0.329 e. The maximum absolute atomic E-state index is 12.8. The lowest BCUT2D eigenvalue weighted by Gasteiger charge is -2.36. The number of ether oxygens (including phenoxy) is 2. The predicted octanol–water partition coefficient (Wildman–Crippen LogP) is 0.118. The van der Waals surface area contributed by atoms with Crippen molar-refractivity contribution in [2.45, 2.75) is 25.9 Å². The van der Waals surface area contributed by atoms with Gasteiger partial charge in [0, 0.05) is 24.1 Å². The van der Waals surface area contributed by atoms with Crippen LogP contribution in [0.5, 0.6) is 0 Å². The zero-order valence-corrected chi connectivity index (χ0v) is 13.5. The van der Waals surface area contributed by atoms with Crippen molar-refractivity contribution in [3.8, 4) is 0 Å². The third kappa shape index (κ3) is 3.90. The van der Waals surface area contributed by atoms with Gasteiger partial charge in [-0.05, 0) is 13.5 Å². The van der Waals surface area contributed by atoms with Gasteiger partial charge in [0.1, 0.15) is 6.04 Å². The molecule has 7 heteroatoms. The lowest BCUT2D eigenvalue weighted by atomic mass is 10.0. The average molecular weight is 316 g/mol. The molecule has 0 aromatic heterocycles. The topological polar surface area (TPSA) is 67.9 Å². The van der Waals surface area contributed by atoms with E-state index in [0.29, 0.717) is 32.1 Å². The van der Waals surface area contributed by atoms with Crippen molar-refractivity contribution < 1.29 is 19.1 Å². The minimum Gasteiger partial charge on any atom is -0.464 e. The Hall–Kier alpha value is -0.790. The van der Waals surface area contributed by atoms with E-state index in [1.807, 2.05) is 6.92 Å². The molecule has 3 unspecified atom stereocenters. The maximum Gasteiger partial charge on any atom is 0.329 e. The van der Waals surface area contributed by atoms with Crippen molar-refractivity contribution in [1.82, 2.24) is 10.2 Å². The third-order valence-corrected chi connectivity index (χ3v) is 4.86. The van der Waals surface area contributed by atoms with E-state index < -0.39 is 6.04 Å². The lowest BCUT2D eigenvalue weighted by Crippen LogP contribution is -2.55. The van der Waals surface area contributed by atoms with E-state index in [1.54, 1.807) is 23.6 Å². The summed E-state index contributed by atoms with van der Waals surface area (Å²) in [5.74, 6) is 0.990. The Balaban J connectivity index is 2.05. The molecule has 3 atom stereocenters. The van der Waals surface area contributed by atoms with Crippen LogP contribution in [-0.4, -0.2) is 73.3 Å². The highest BCUT2D eigenvalue weighted by atomic mass is 32.2. The molecule has 120 valence electrons. The van der Waals surface area contributed by atoms with Crippen LogP contribution in [0.1, 0.15) is 13.8 Å². The van der Waals surface area contributed by atoms with Crippen molar-refractivity contribution in [3.05, 3.63) is 0 Å². The molecule has 2 saturated heterocycles. The fraction of sp³-hybridized carbons (Fsp3) is 0.857. The van der Waals surface area contributed by atoms with E-state index in [9.17, 15) is 9.59 Å². The highest BCUT2D eigenvalue weighted by molar-refractivity contribution is 7.99. The largest absolute Gasteiger partial charge is 0.464 e. The van der Waals surface area contributed by atoms with Crippen LogP contribution in [0.25, 0.3) is 0 Å². The summed E-state index contributed by atoms with van der Waals surface area (Å²) in [5, 5.41) is 3.29. The molecule has 1 N–H and O–H groups in total. The number of likely N-dealkylation sites (N-methyl/N-ethyl adjacent to an activating group) is 1. The lowest BCUT2D eigenvalue weighted by molar-refractivity contribution is -0.155. The standard InChI is InChI=1S/C14H24N2O4S/c1-3-15-11-8-19-7-10(11)13(17)16-5-6-21-9-12(16)14(18)20-4-2/h10-12,15H,3-9H2,1-2H3. The number of carbonyl (C=O) groups is 2. The number of nitrogens with one attached hydrogen (secondary N) is 1. The van der Waals surface area contributed by atoms with Gasteiger partial charge in [-0.15, -0.1) is 0 Å². The molecule has 2 aliphatic rings. The Kier molecular flexibility index (Phi) is 6.32. The van der Waals surface area contributed by atoms with Gasteiger partial charge in [-0.3, -0.25) is 4.79 Å². The van der Waals surface area contributed by atoms with E-state index in [0.717, 1.165) is 12.3 Å². The molecule has 2 aliphatic heterocycles. The van der Waals surface area contributed by atoms with Crippen LogP contribution in [0.3, 0.4) is 0 Å². The number of amides is 1. The van der Waals surface area contributed by atoms with Crippen molar-refractivity contribution in [2.75, 3.05) is 44.4 Å². The summed E-state index contributed by atoms with van der Waals surface area (Å²) in [6, 6.07) is -0.418. The van der Waals surface area contributed by atoms with E-state index >= 15 is 0 Å². The van der Waals surface area contributed by atoms with Crippen molar-refractivity contribution in [2.24, 2.45) is 5.92 Å². The number of rotatable bonds is 5. The second kappa shape index (κ2) is 8.00. The van der Waals surface area contributed by atoms with Gasteiger partial charge in [-0.1, -0.05) is 6.92 Å². The number of hydrogen-bond acceptors (Lipinski definition) is 6. The van der Waals surface area contributed by atoms with Crippen LogP contribution < -0.4 is 5.32 Å². The predicted molar refractivity (Wildman–Crippen MR) is 81.2 cm³/mol. The normalized spacial score (nSPS) is 29.4. The van der Waals surface area contributed by atoms with E-state index in [4.69, 9.17) is 9.47 Å². The minimum atomic E-state index is -0.459. The number of carbonyl (C=O) groups excluding carboxylic acids is 2. The monoisotopic (exact) mass is 316 g/mol. The molecular formula is C14H24N2O4S. The first-order valence-corrected chi connectivity index (χ1v) is 8.70. The zero-order chi connectivity index (χ0) is 15.2. The Morgan fingerprint density at radius 3 is 2.90 bits per heavy atom. The number of hydrogen-bond donors (Lipinski definition) is 1. The highest BCUT2D eigenvalue weighted by Crippen LogP contribution is 2.23. The summed E-state index contributed by atoms with van der Waals surface area (Å²) < 4.78 is 10.6. The zero-order valence-electron chi connectivity index (χ0n) is 12.7. The van der Waals surface area contributed by atoms with Crippen LogP contribution >= 0.6 is 11.8 Å². The molecule has 6 nitrogen and oxygen atoms in total. The molecule has 0 saturated carbocycles. The average Bonchev–Trinajstić information content (AvgIpc) is 2.95. The Morgan fingerprint density at radius 1 is 1.38 bits per heavy atom. The number of thioether (sulfide) groups is 1. The molecule has 0 aliphatic carbocycles. The van der Waals surface area contributed by atoms with Crippen molar-refractivity contribution in [1.29, 1.82) is 0 Å². The first kappa shape index (κ1) is 16.6. The molecule has 0 aromatic carbocycles. The molecule has 0 aromatic rings. The van der Waals surface area contributed by atoms with Crippen LogP contribution in [-0.2, 0) is 19.1 Å². The van der Waals surface area contributed by atoms with Crippen LogP contribution in [0.15, 0.2) is 0 Å². The van der Waals surface area contributed by atoms with Crippen molar-refractivity contribution in [3.63, 3.8) is 0 Å².